The monoisotopic (exact) mass is 189 g/mol. The fraction of sp³-hybridized carbons (Fsp3) is 0.417. The second-order valence-electron chi connectivity index (χ2n) is 3.64. The molecule has 1 N–H and O–H groups in total. The van der Waals surface area contributed by atoms with Crippen molar-refractivity contribution in [3.05, 3.63) is 33.2 Å². The predicted molar refractivity (Wildman–Crippen MR) is 58.4 cm³/mol. The van der Waals surface area contributed by atoms with Gasteiger partial charge in [-0.25, -0.2) is 0 Å². The van der Waals surface area contributed by atoms with Crippen molar-refractivity contribution in [2.45, 2.75) is 33.6 Å². The van der Waals surface area contributed by atoms with E-state index in [2.05, 4.69) is 30.7 Å². The fourth-order valence-electron chi connectivity index (χ4n) is 1.34. The summed E-state index contributed by atoms with van der Waals surface area (Å²) in [5.41, 5.74) is 2.55. The SMILES string of the molecule is CC#Cc1[nH]c(=O)c(C)cc1C(C)C. The van der Waals surface area contributed by atoms with Gasteiger partial charge in [0.25, 0.3) is 5.56 Å². The molecule has 0 aliphatic rings. The highest BCUT2D eigenvalue weighted by atomic mass is 16.1. The van der Waals surface area contributed by atoms with Crippen molar-refractivity contribution in [2.75, 3.05) is 0 Å². The summed E-state index contributed by atoms with van der Waals surface area (Å²) in [7, 11) is 0. The van der Waals surface area contributed by atoms with Crippen LogP contribution in [0, 0.1) is 18.8 Å². The van der Waals surface area contributed by atoms with Gasteiger partial charge in [-0.2, -0.15) is 0 Å². The number of hydrogen-bond donors (Lipinski definition) is 1. The van der Waals surface area contributed by atoms with Crippen molar-refractivity contribution >= 4 is 0 Å². The zero-order valence-corrected chi connectivity index (χ0v) is 9.06. The van der Waals surface area contributed by atoms with Crippen LogP contribution in [-0.4, -0.2) is 4.98 Å². The highest BCUT2D eigenvalue weighted by Crippen LogP contribution is 2.16. The first kappa shape index (κ1) is 10.6. The molecule has 0 saturated carbocycles. The van der Waals surface area contributed by atoms with E-state index in [1.165, 1.54) is 0 Å². The van der Waals surface area contributed by atoms with Crippen LogP contribution in [0.25, 0.3) is 0 Å². The van der Waals surface area contributed by atoms with E-state index in [4.69, 9.17) is 0 Å². The Hall–Kier alpha value is -1.49. The van der Waals surface area contributed by atoms with Crippen molar-refractivity contribution in [1.82, 2.24) is 4.98 Å². The van der Waals surface area contributed by atoms with Crippen molar-refractivity contribution in [3.8, 4) is 11.8 Å². The number of aromatic nitrogens is 1. The molecule has 74 valence electrons. The van der Waals surface area contributed by atoms with Crippen molar-refractivity contribution in [3.63, 3.8) is 0 Å². The molecule has 0 bridgehead atoms. The van der Waals surface area contributed by atoms with Gasteiger partial charge in [-0.15, -0.1) is 0 Å². The van der Waals surface area contributed by atoms with Crippen LogP contribution in [0.4, 0.5) is 0 Å². The molecule has 0 aliphatic carbocycles. The van der Waals surface area contributed by atoms with Crippen LogP contribution in [0.3, 0.4) is 0 Å². The van der Waals surface area contributed by atoms with Crippen molar-refractivity contribution in [2.24, 2.45) is 0 Å². The number of aromatic amines is 1. The van der Waals surface area contributed by atoms with Gasteiger partial charge in [0.1, 0.15) is 0 Å². The minimum absolute atomic E-state index is 0.0489. The van der Waals surface area contributed by atoms with Crippen LogP contribution in [0.1, 0.15) is 43.5 Å². The van der Waals surface area contributed by atoms with Crippen LogP contribution >= 0.6 is 0 Å². The highest BCUT2D eigenvalue weighted by molar-refractivity contribution is 5.38. The van der Waals surface area contributed by atoms with Gasteiger partial charge in [0.15, 0.2) is 0 Å². The topological polar surface area (TPSA) is 32.9 Å². The molecule has 14 heavy (non-hydrogen) atoms. The first-order valence-electron chi connectivity index (χ1n) is 4.72. The number of pyridine rings is 1. The van der Waals surface area contributed by atoms with Gasteiger partial charge < -0.3 is 4.98 Å². The molecule has 0 aromatic carbocycles. The van der Waals surface area contributed by atoms with Gasteiger partial charge in [-0.05, 0) is 37.3 Å². The van der Waals surface area contributed by atoms with Crippen LogP contribution in [0.5, 0.6) is 0 Å². The van der Waals surface area contributed by atoms with Crippen LogP contribution in [-0.2, 0) is 0 Å². The van der Waals surface area contributed by atoms with Gasteiger partial charge in [0, 0.05) is 5.56 Å². The van der Waals surface area contributed by atoms with E-state index in [1.807, 2.05) is 13.0 Å². The van der Waals surface area contributed by atoms with Crippen LogP contribution in [0.15, 0.2) is 10.9 Å². The average molecular weight is 189 g/mol. The number of hydrogen-bond acceptors (Lipinski definition) is 1. The summed E-state index contributed by atoms with van der Waals surface area (Å²) in [5.74, 6) is 6.10. The molecule has 0 atom stereocenters. The van der Waals surface area contributed by atoms with Gasteiger partial charge in [0.05, 0.1) is 5.69 Å². The van der Waals surface area contributed by atoms with E-state index in [0.29, 0.717) is 5.92 Å². The molecule has 1 rings (SSSR count). The average Bonchev–Trinajstić information content (AvgIpc) is 2.11. The summed E-state index contributed by atoms with van der Waals surface area (Å²) >= 11 is 0. The van der Waals surface area contributed by atoms with E-state index < -0.39 is 0 Å². The van der Waals surface area contributed by atoms with Crippen LogP contribution < -0.4 is 5.56 Å². The van der Waals surface area contributed by atoms with Gasteiger partial charge in [-0.3, -0.25) is 4.79 Å². The molecule has 0 radical (unpaired) electrons. The summed E-state index contributed by atoms with van der Waals surface area (Å²) in [6.45, 7) is 7.76. The van der Waals surface area contributed by atoms with Crippen molar-refractivity contribution in [1.29, 1.82) is 0 Å². The fourth-order valence-corrected chi connectivity index (χ4v) is 1.34. The van der Waals surface area contributed by atoms with Crippen LogP contribution in [0.2, 0.25) is 0 Å². The van der Waals surface area contributed by atoms with Gasteiger partial charge in [0.2, 0.25) is 0 Å². The maximum atomic E-state index is 11.4. The molecular formula is C12H15NO. The minimum atomic E-state index is -0.0489. The normalized spacial score (nSPS) is 9.79. The largest absolute Gasteiger partial charge is 0.315 e. The minimum Gasteiger partial charge on any atom is -0.315 e. The first-order valence-corrected chi connectivity index (χ1v) is 4.72. The Balaban J connectivity index is 3.44. The lowest BCUT2D eigenvalue weighted by Gasteiger charge is -2.08. The number of nitrogens with one attached hydrogen (secondary N) is 1. The summed E-state index contributed by atoms with van der Waals surface area (Å²) in [6.07, 6.45) is 0. The Kier molecular flexibility index (Phi) is 3.14. The van der Waals surface area contributed by atoms with Gasteiger partial charge in [-0.1, -0.05) is 19.8 Å². The lowest BCUT2D eigenvalue weighted by atomic mass is 10.00. The zero-order valence-electron chi connectivity index (χ0n) is 9.06. The molecule has 1 aromatic rings. The molecular weight excluding hydrogens is 174 g/mol. The molecule has 0 aliphatic heterocycles. The lowest BCUT2D eigenvalue weighted by molar-refractivity contribution is 0.846. The number of aryl methyl sites for hydroxylation is 1. The Morgan fingerprint density at radius 3 is 2.57 bits per heavy atom. The first-order chi connectivity index (χ1) is 6.56. The Bertz CT molecular complexity index is 444. The number of rotatable bonds is 1. The quantitative estimate of drug-likeness (QED) is 0.675. The second-order valence-corrected chi connectivity index (χ2v) is 3.64. The summed E-state index contributed by atoms with van der Waals surface area (Å²) < 4.78 is 0. The van der Waals surface area contributed by atoms with E-state index in [-0.39, 0.29) is 5.56 Å². The zero-order chi connectivity index (χ0) is 10.7. The second kappa shape index (κ2) is 4.15. The standard InChI is InChI=1S/C12H15NO/c1-5-6-11-10(8(2)3)7-9(4)12(14)13-11/h7-8H,1-4H3,(H,13,14). The third kappa shape index (κ3) is 2.05. The van der Waals surface area contributed by atoms with E-state index in [9.17, 15) is 4.79 Å². The Labute approximate surface area is 84.4 Å². The van der Waals surface area contributed by atoms with E-state index in [1.54, 1.807) is 6.92 Å². The molecule has 2 nitrogen and oxygen atoms in total. The predicted octanol–water partition coefficient (Wildman–Crippen LogP) is 2.18. The molecule has 1 aromatic heterocycles. The maximum absolute atomic E-state index is 11.4. The molecule has 0 saturated heterocycles. The van der Waals surface area contributed by atoms with Gasteiger partial charge >= 0.3 is 0 Å². The smallest absolute Gasteiger partial charge is 0.251 e. The molecule has 0 unspecified atom stereocenters. The third-order valence-corrected chi connectivity index (χ3v) is 2.13. The summed E-state index contributed by atoms with van der Waals surface area (Å²) in [6, 6.07) is 1.92. The van der Waals surface area contributed by atoms with E-state index in [0.717, 1.165) is 16.8 Å². The maximum Gasteiger partial charge on any atom is 0.251 e. The summed E-state index contributed by atoms with van der Waals surface area (Å²) in [4.78, 5) is 14.2. The lowest BCUT2D eigenvalue weighted by Crippen LogP contribution is -2.13. The Morgan fingerprint density at radius 2 is 2.07 bits per heavy atom. The van der Waals surface area contributed by atoms with Crippen molar-refractivity contribution < 1.29 is 0 Å². The molecule has 2 heteroatoms. The summed E-state index contributed by atoms with van der Waals surface area (Å²) in [5, 5.41) is 0. The van der Waals surface area contributed by atoms with E-state index >= 15 is 0 Å². The molecule has 0 fully saturated rings. The molecule has 0 spiro atoms. The number of H-pyrrole nitrogens is 1. The highest BCUT2D eigenvalue weighted by Gasteiger charge is 2.07. The molecule has 0 amide bonds. The third-order valence-electron chi connectivity index (χ3n) is 2.13. The molecule has 1 heterocycles. The Morgan fingerprint density at radius 1 is 1.43 bits per heavy atom.